The van der Waals surface area contributed by atoms with E-state index in [4.69, 9.17) is 10.2 Å². The summed E-state index contributed by atoms with van der Waals surface area (Å²) in [6, 6.07) is 6.62. The third-order valence-electron chi connectivity index (χ3n) is 4.39. The molecule has 0 aliphatic heterocycles. The SMILES string of the molecule is O=C(O)CCC(NC(=O)c1ccc(NCc2cnc3cc[nH]c(=O)c3n2)cc1)C(=O)O. The van der Waals surface area contributed by atoms with Crippen LogP contribution in [0.3, 0.4) is 0 Å². The minimum absolute atomic E-state index is 0.217. The van der Waals surface area contributed by atoms with Crippen molar-refractivity contribution in [2.24, 2.45) is 0 Å². The molecule has 0 saturated heterocycles. The first-order valence-corrected chi connectivity index (χ1v) is 9.26. The molecule has 0 spiro atoms. The number of fused-ring (bicyclic) bond motifs is 1. The molecule has 31 heavy (non-hydrogen) atoms. The van der Waals surface area contributed by atoms with Crippen molar-refractivity contribution in [3.8, 4) is 0 Å². The molecule has 3 aromatic rings. The molecule has 1 aromatic carbocycles. The molecule has 0 saturated carbocycles. The molecule has 1 atom stereocenters. The Morgan fingerprint density at radius 3 is 2.52 bits per heavy atom. The second-order valence-corrected chi connectivity index (χ2v) is 6.63. The molecule has 1 unspecified atom stereocenters. The molecule has 5 N–H and O–H groups in total. The molecule has 1 amide bonds. The normalized spacial score (nSPS) is 11.6. The predicted molar refractivity (Wildman–Crippen MR) is 110 cm³/mol. The molecule has 3 rings (SSSR count). The number of carbonyl (C=O) groups excluding carboxylic acids is 1. The number of anilines is 1. The summed E-state index contributed by atoms with van der Waals surface area (Å²) < 4.78 is 0. The van der Waals surface area contributed by atoms with Gasteiger partial charge in [-0.1, -0.05) is 0 Å². The molecular formula is C20H19N5O6. The minimum Gasteiger partial charge on any atom is -0.481 e. The summed E-state index contributed by atoms with van der Waals surface area (Å²) in [5, 5.41) is 23.2. The minimum atomic E-state index is -1.30. The summed E-state index contributed by atoms with van der Waals surface area (Å²) in [7, 11) is 0. The molecular weight excluding hydrogens is 406 g/mol. The number of aliphatic carboxylic acids is 2. The number of hydrogen-bond acceptors (Lipinski definition) is 7. The van der Waals surface area contributed by atoms with Gasteiger partial charge in [0.1, 0.15) is 6.04 Å². The Labute approximate surface area is 175 Å². The van der Waals surface area contributed by atoms with Crippen molar-refractivity contribution in [2.75, 3.05) is 5.32 Å². The number of pyridine rings is 1. The van der Waals surface area contributed by atoms with Crippen molar-refractivity contribution in [3.63, 3.8) is 0 Å². The monoisotopic (exact) mass is 425 g/mol. The zero-order valence-electron chi connectivity index (χ0n) is 16.2. The zero-order chi connectivity index (χ0) is 22.4. The van der Waals surface area contributed by atoms with Gasteiger partial charge in [-0.05, 0) is 36.8 Å². The quantitative estimate of drug-likeness (QED) is 0.335. The molecule has 2 heterocycles. The molecule has 0 radical (unpaired) electrons. The number of benzene rings is 1. The van der Waals surface area contributed by atoms with Crippen LogP contribution in [0.1, 0.15) is 28.9 Å². The smallest absolute Gasteiger partial charge is 0.326 e. The molecule has 0 aliphatic carbocycles. The maximum atomic E-state index is 12.3. The van der Waals surface area contributed by atoms with Crippen LogP contribution in [0.5, 0.6) is 0 Å². The average Bonchev–Trinajstić information content (AvgIpc) is 2.75. The van der Waals surface area contributed by atoms with Crippen LogP contribution >= 0.6 is 0 Å². The van der Waals surface area contributed by atoms with Crippen molar-refractivity contribution in [1.82, 2.24) is 20.3 Å². The van der Waals surface area contributed by atoms with E-state index < -0.39 is 23.9 Å². The number of nitrogens with zero attached hydrogens (tertiary/aromatic N) is 2. The second-order valence-electron chi connectivity index (χ2n) is 6.63. The number of carboxylic acid groups (broad SMARTS) is 2. The van der Waals surface area contributed by atoms with E-state index in [0.717, 1.165) is 0 Å². The third-order valence-corrected chi connectivity index (χ3v) is 4.39. The van der Waals surface area contributed by atoms with E-state index in [-0.39, 0.29) is 29.5 Å². The Kier molecular flexibility index (Phi) is 6.55. The highest BCUT2D eigenvalue weighted by Crippen LogP contribution is 2.12. The number of aromatic nitrogens is 3. The number of rotatable bonds is 9. The number of carbonyl (C=O) groups is 3. The number of H-pyrrole nitrogens is 1. The third kappa shape index (κ3) is 5.63. The molecule has 2 aromatic heterocycles. The van der Waals surface area contributed by atoms with Crippen LogP contribution in [0.4, 0.5) is 5.69 Å². The number of hydrogen-bond donors (Lipinski definition) is 5. The summed E-state index contributed by atoms with van der Waals surface area (Å²) in [6.07, 6.45) is 2.47. The van der Waals surface area contributed by atoms with Crippen LogP contribution in [0.2, 0.25) is 0 Å². The van der Waals surface area contributed by atoms with Gasteiger partial charge in [0.05, 0.1) is 24.0 Å². The number of aromatic amines is 1. The van der Waals surface area contributed by atoms with Gasteiger partial charge in [0.2, 0.25) is 0 Å². The maximum absolute atomic E-state index is 12.3. The van der Waals surface area contributed by atoms with Gasteiger partial charge in [0, 0.05) is 23.9 Å². The van der Waals surface area contributed by atoms with Crippen molar-refractivity contribution in [1.29, 1.82) is 0 Å². The van der Waals surface area contributed by atoms with E-state index in [1.54, 1.807) is 24.4 Å². The van der Waals surface area contributed by atoms with Crippen LogP contribution in [0, 0.1) is 0 Å². The topological polar surface area (TPSA) is 174 Å². The van der Waals surface area contributed by atoms with Crippen molar-refractivity contribution in [2.45, 2.75) is 25.4 Å². The first-order chi connectivity index (χ1) is 14.8. The highest BCUT2D eigenvalue weighted by atomic mass is 16.4. The van der Waals surface area contributed by atoms with E-state index in [1.807, 2.05) is 0 Å². The van der Waals surface area contributed by atoms with E-state index in [1.165, 1.54) is 18.3 Å². The Morgan fingerprint density at radius 1 is 1.10 bits per heavy atom. The zero-order valence-corrected chi connectivity index (χ0v) is 16.2. The summed E-state index contributed by atoms with van der Waals surface area (Å²) >= 11 is 0. The molecule has 11 nitrogen and oxygen atoms in total. The standard InChI is InChI=1S/C20H19N5O6/c26-16(27)6-5-15(20(30)31)25-18(28)11-1-3-12(4-2-11)22-9-13-10-23-14-7-8-21-19(29)17(14)24-13/h1-4,7-8,10,15,22H,5-6,9H2,(H,21,29)(H,25,28)(H,26,27)(H,30,31). The lowest BCUT2D eigenvalue weighted by Gasteiger charge is -2.14. The van der Waals surface area contributed by atoms with Gasteiger partial charge in [-0.25, -0.2) is 9.78 Å². The molecule has 0 bridgehead atoms. The Bertz CT molecular complexity index is 1170. The summed E-state index contributed by atoms with van der Waals surface area (Å²) in [5.74, 6) is -3.07. The largest absolute Gasteiger partial charge is 0.481 e. The first-order valence-electron chi connectivity index (χ1n) is 9.26. The van der Waals surface area contributed by atoms with Gasteiger partial charge in [-0.15, -0.1) is 0 Å². The first kappa shape index (κ1) is 21.4. The molecule has 0 fully saturated rings. The Hall–Kier alpha value is -4.28. The van der Waals surface area contributed by atoms with Crippen molar-refractivity contribution < 1.29 is 24.6 Å². The molecule has 11 heteroatoms. The second kappa shape index (κ2) is 9.48. The molecule has 0 aliphatic rings. The molecule has 160 valence electrons. The van der Waals surface area contributed by atoms with Crippen LogP contribution in [-0.4, -0.2) is 49.1 Å². The van der Waals surface area contributed by atoms with Gasteiger partial charge < -0.3 is 25.8 Å². The van der Waals surface area contributed by atoms with Gasteiger partial charge >= 0.3 is 11.9 Å². The van der Waals surface area contributed by atoms with Crippen LogP contribution in [-0.2, 0) is 16.1 Å². The summed E-state index contributed by atoms with van der Waals surface area (Å²) in [6.45, 7) is 0.291. The van der Waals surface area contributed by atoms with Gasteiger partial charge in [0.15, 0.2) is 5.52 Å². The summed E-state index contributed by atoms with van der Waals surface area (Å²) in [4.78, 5) is 56.9. The van der Waals surface area contributed by atoms with E-state index in [0.29, 0.717) is 23.4 Å². The van der Waals surface area contributed by atoms with E-state index in [9.17, 15) is 19.2 Å². The van der Waals surface area contributed by atoms with Gasteiger partial charge in [-0.3, -0.25) is 19.4 Å². The average molecular weight is 425 g/mol. The fraction of sp³-hybridized carbons (Fsp3) is 0.200. The van der Waals surface area contributed by atoms with Crippen LogP contribution in [0.25, 0.3) is 11.0 Å². The van der Waals surface area contributed by atoms with E-state index >= 15 is 0 Å². The highest BCUT2D eigenvalue weighted by Gasteiger charge is 2.21. The Morgan fingerprint density at radius 2 is 1.84 bits per heavy atom. The fourth-order valence-electron chi connectivity index (χ4n) is 2.77. The number of carboxylic acids is 2. The lowest BCUT2D eigenvalue weighted by atomic mass is 10.1. The van der Waals surface area contributed by atoms with Crippen LogP contribution in [0.15, 0.2) is 47.5 Å². The lowest BCUT2D eigenvalue weighted by Crippen LogP contribution is -2.41. The van der Waals surface area contributed by atoms with E-state index in [2.05, 4.69) is 25.6 Å². The number of amides is 1. The van der Waals surface area contributed by atoms with Gasteiger partial charge in [0.25, 0.3) is 11.5 Å². The number of nitrogens with one attached hydrogen (secondary N) is 3. The highest BCUT2D eigenvalue weighted by molar-refractivity contribution is 5.96. The van der Waals surface area contributed by atoms with Gasteiger partial charge in [-0.2, -0.15) is 0 Å². The fourth-order valence-corrected chi connectivity index (χ4v) is 2.77. The Balaban J connectivity index is 1.61. The van der Waals surface area contributed by atoms with Crippen molar-refractivity contribution >= 4 is 34.6 Å². The van der Waals surface area contributed by atoms with Crippen molar-refractivity contribution in [3.05, 3.63) is 64.3 Å². The predicted octanol–water partition coefficient (Wildman–Crippen LogP) is 0.978. The van der Waals surface area contributed by atoms with Crippen LogP contribution < -0.4 is 16.2 Å². The maximum Gasteiger partial charge on any atom is 0.326 e. The summed E-state index contributed by atoms with van der Waals surface area (Å²) in [5.41, 5.74) is 1.85. The lowest BCUT2D eigenvalue weighted by molar-refractivity contribution is -0.140.